The van der Waals surface area contributed by atoms with E-state index in [0.29, 0.717) is 43.5 Å². The van der Waals surface area contributed by atoms with Crippen molar-refractivity contribution in [2.24, 2.45) is 20.0 Å². The molecule has 2 heterocycles. The fourth-order valence-electron chi connectivity index (χ4n) is 3.39. The molecule has 0 saturated carbocycles. The molecule has 2 aromatic rings. The van der Waals surface area contributed by atoms with Crippen molar-refractivity contribution in [1.29, 1.82) is 0 Å². The number of halogens is 2. The van der Waals surface area contributed by atoms with Crippen molar-refractivity contribution < 1.29 is 8.78 Å². The summed E-state index contributed by atoms with van der Waals surface area (Å²) in [5, 5.41) is 2.13. The summed E-state index contributed by atoms with van der Waals surface area (Å²) in [5.41, 5.74) is 1.83. The van der Waals surface area contributed by atoms with E-state index in [0.717, 1.165) is 0 Å². The van der Waals surface area contributed by atoms with Crippen molar-refractivity contribution in [2.75, 3.05) is 13.3 Å². The van der Waals surface area contributed by atoms with E-state index in [1.807, 2.05) is 0 Å². The fraction of sp³-hybridized carbons (Fsp3) is 0.200. The molecule has 2 aliphatic rings. The number of nitrogens with zero attached hydrogens (tertiary/aromatic N) is 4. The molecule has 0 fully saturated rings. The van der Waals surface area contributed by atoms with Crippen LogP contribution in [0.5, 0.6) is 0 Å². The molecule has 0 unspecified atom stereocenters. The largest absolute Gasteiger partial charge is 0.260 e. The summed E-state index contributed by atoms with van der Waals surface area (Å²) in [7, 11) is 16.3. The van der Waals surface area contributed by atoms with E-state index >= 15 is 0 Å². The number of fused-ring (bicyclic) bond motifs is 2. The summed E-state index contributed by atoms with van der Waals surface area (Å²) in [5.74, 6) is -0.902. The highest BCUT2D eigenvalue weighted by Crippen LogP contribution is 2.05. The molecule has 0 saturated heterocycles. The van der Waals surface area contributed by atoms with Crippen LogP contribution in [-0.4, -0.2) is 57.3 Å². The quantitative estimate of drug-likeness (QED) is 0.479. The Balaban J connectivity index is 1.85. The third-order valence-electron chi connectivity index (χ3n) is 4.51. The van der Waals surface area contributed by atoms with Gasteiger partial charge in [0, 0.05) is 36.0 Å². The first kappa shape index (κ1) is 18.3. The second kappa shape index (κ2) is 7.49. The Labute approximate surface area is 160 Å². The van der Waals surface area contributed by atoms with Gasteiger partial charge in [-0.3, -0.25) is 20.0 Å². The average molecular weight is 347 g/mol. The van der Waals surface area contributed by atoms with Gasteiger partial charge in [0.2, 0.25) is 0 Å². The molecule has 120 valence electrons. The Bertz CT molecular complexity index is 1080. The highest BCUT2D eigenvalue weighted by Gasteiger charge is 2.18. The molecule has 0 atom stereocenters. The molecule has 0 N–H and O–H groups in total. The molecule has 0 aliphatic carbocycles. The smallest absolute Gasteiger partial charge is 0.130 e. The van der Waals surface area contributed by atoms with Gasteiger partial charge < -0.3 is 0 Å². The van der Waals surface area contributed by atoms with Crippen molar-refractivity contribution in [1.82, 2.24) is 0 Å². The Morgan fingerprint density at radius 3 is 1.56 bits per heavy atom. The predicted octanol–water partition coefficient (Wildman–Crippen LogP) is -3.96. The molecular formula is C15H8B6F2N4. The van der Waals surface area contributed by atoms with Crippen LogP contribution < -0.4 is 32.4 Å². The molecule has 0 aromatic heterocycles. The van der Waals surface area contributed by atoms with Crippen molar-refractivity contribution in [2.45, 2.75) is 6.42 Å². The zero-order chi connectivity index (χ0) is 19.0. The number of rotatable bonds is 6. The van der Waals surface area contributed by atoms with Gasteiger partial charge in [-0.25, -0.2) is 8.78 Å². The predicted molar refractivity (Wildman–Crippen MR) is 104 cm³/mol. The molecule has 2 aromatic carbocycles. The molecule has 12 heteroatoms. The number of hydrogen-bond acceptors (Lipinski definition) is 4. The van der Waals surface area contributed by atoms with Gasteiger partial charge >= 0.3 is 0 Å². The van der Waals surface area contributed by atoms with Crippen LogP contribution in [0.2, 0.25) is 0 Å². The third kappa shape index (κ3) is 3.19. The zero-order valence-electron chi connectivity index (χ0n) is 14.3. The number of benzene rings is 2. The Hall–Kier alpha value is -2.11. The lowest BCUT2D eigenvalue weighted by atomic mass is 9.26. The Kier molecular flexibility index (Phi) is 5.06. The summed E-state index contributed by atoms with van der Waals surface area (Å²) >= 11 is 0. The van der Waals surface area contributed by atoms with E-state index in [4.69, 9.17) is 15.5 Å². The molecule has 2 aliphatic heterocycles. The van der Waals surface area contributed by atoms with Gasteiger partial charge in [0.15, 0.2) is 0 Å². The van der Waals surface area contributed by atoms with E-state index in [2.05, 4.69) is 20.0 Å². The Morgan fingerprint density at radius 1 is 0.741 bits per heavy atom. The fourth-order valence-corrected chi connectivity index (χ4v) is 3.39. The van der Waals surface area contributed by atoms with Gasteiger partial charge in [-0.2, -0.15) is 0 Å². The van der Waals surface area contributed by atoms with Crippen LogP contribution in [0.1, 0.15) is 11.1 Å². The molecule has 0 bridgehead atoms. The van der Waals surface area contributed by atoms with E-state index in [1.54, 1.807) is 0 Å². The van der Waals surface area contributed by atoms with Gasteiger partial charge in [-0.1, -0.05) is 0 Å². The van der Waals surface area contributed by atoms with E-state index in [9.17, 15) is 8.78 Å². The number of hydrogen-bond donors (Lipinski definition) is 0. The standard InChI is InChI=1S/C15H8B6F2N4/c16-20-18-10-8(22)2-6(12-14(10)26-4-24-12)1-7-3-9(23)11(19-21-17)15-13(7)25-5-27-15/h2-3H,1,4-5H2. The topological polar surface area (TPSA) is 49.4 Å². The third-order valence-corrected chi connectivity index (χ3v) is 4.51. The van der Waals surface area contributed by atoms with Gasteiger partial charge in [-0.05, 0) is 34.2 Å². The van der Waals surface area contributed by atoms with Gasteiger partial charge in [0.05, 0.1) is 21.4 Å². The van der Waals surface area contributed by atoms with Crippen molar-refractivity contribution in [3.05, 3.63) is 56.3 Å². The molecular weight excluding hydrogens is 339 g/mol. The van der Waals surface area contributed by atoms with Crippen LogP contribution >= 0.6 is 0 Å². The van der Waals surface area contributed by atoms with Crippen LogP contribution in [0.15, 0.2) is 32.1 Å². The van der Waals surface area contributed by atoms with Crippen molar-refractivity contribution in [3.63, 3.8) is 0 Å². The van der Waals surface area contributed by atoms with Crippen LogP contribution in [0.4, 0.5) is 8.78 Å². The van der Waals surface area contributed by atoms with Crippen LogP contribution in [-0.2, 0) is 6.42 Å². The summed E-state index contributed by atoms with van der Waals surface area (Å²) in [6, 6.07) is 2.78. The lowest BCUT2D eigenvalue weighted by Crippen LogP contribution is -2.48. The lowest BCUT2D eigenvalue weighted by molar-refractivity contribution is 0.629. The molecule has 4 rings (SSSR count). The Morgan fingerprint density at radius 2 is 1.15 bits per heavy atom. The minimum atomic E-state index is -0.451. The highest BCUT2D eigenvalue weighted by molar-refractivity contribution is 7.28. The van der Waals surface area contributed by atoms with E-state index in [-0.39, 0.29) is 19.8 Å². The first-order valence-electron chi connectivity index (χ1n) is 8.31. The van der Waals surface area contributed by atoms with Crippen LogP contribution in [0.25, 0.3) is 0 Å². The molecule has 0 spiro atoms. The maximum absolute atomic E-state index is 14.6. The first-order chi connectivity index (χ1) is 13.1. The summed E-state index contributed by atoms with van der Waals surface area (Å²) in [4.78, 5) is 17.2. The van der Waals surface area contributed by atoms with E-state index in [1.165, 1.54) is 40.6 Å². The maximum Gasteiger partial charge on any atom is 0.130 e. The minimum Gasteiger partial charge on any atom is -0.260 e. The first-order valence-corrected chi connectivity index (χ1v) is 8.31. The molecule has 0 amide bonds. The van der Waals surface area contributed by atoms with Gasteiger partial charge in [-0.15, -0.1) is 0 Å². The van der Waals surface area contributed by atoms with Crippen molar-refractivity contribution in [3.8, 4) is 0 Å². The zero-order valence-corrected chi connectivity index (χ0v) is 14.3. The van der Waals surface area contributed by atoms with Gasteiger partial charge in [0.1, 0.15) is 39.3 Å². The monoisotopic (exact) mass is 348 g/mol. The average Bonchev–Trinajstić information content (AvgIpc) is 3.31. The molecule has 4 nitrogen and oxygen atoms in total. The summed E-state index contributed by atoms with van der Waals surface area (Å²) in [6.07, 6.45) is 0.260. The minimum absolute atomic E-state index is 0.226. The highest BCUT2D eigenvalue weighted by atomic mass is 19.1. The second-order valence-electron chi connectivity index (χ2n) is 6.07. The molecule has 8 radical (unpaired) electrons. The summed E-state index contributed by atoms with van der Waals surface area (Å²) < 4.78 is 29.1. The van der Waals surface area contributed by atoms with E-state index < -0.39 is 11.6 Å². The van der Waals surface area contributed by atoms with Gasteiger partial charge in [0.25, 0.3) is 0 Å². The normalized spacial score (nSPS) is 13.4. The summed E-state index contributed by atoms with van der Waals surface area (Å²) in [6.45, 7) is 0.452. The van der Waals surface area contributed by atoms with Crippen LogP contribution in [0.3, 0.4) is 0 Å². The maximum atomic E-state index is 14.6. The molecule has 27 heavy (non-hydrogen) atoms. The lowest BCUT2D eigenvalue weighted by Gasteiger charge is -2.09. The second-order valence-corrected chi connectivity index (χ2v) is 6.07. The van der Waals surface area contributed by atoms with Crippen molar-refractivity contribution >= 4 is 54.9 Å². The SMILES string of the molecule is [B][B][B]c1c(F)cc(Cc2cc(F)c([B][B][B])c3c2=NCN=3)c2c1=NCN=2. The van der Waals surface area contributed by atoms with Crippen LogP contribution in [0, 0.1) is 11.6 Å².